The second-order valence-electron chi connectivity index (χ2n) is 8.09. The molecule has 5 rings (SSSR count). The molecule has 26 heavy (non-hydrogen) atoms. The first kappa shape index (κ1) is 16.5. The summed E-state index contributed by atoms with van der Waals surface area (Å²) in [6.45, 7) is 6.77. The Bertz CT molecular complexity index is 841. The Kier molecular flexibility index (Phi) is 3.76. The third-order valence-corrected chi connectivity index (χ3v) is 6.04. The van der Waals surface area contributed by atoms with E-state index in [1.807, 2.05) is 12.1 Å². The molecule has 2 unspecified atom stereocenters. The molecule has 5 nitrogen and oxygen atoms in total. The van der Waals surface area contributed by atoms with E-state index in [1.165, 1.54) is 0 Å². The van der Waals surface area contributed by atoms with Gasteiger partial charge in [0.2, 0.25) is 0 Å². The van der Waals surface area contributed by atoms with E-state index in [9.17, 15) is 0 Å². The van der Waals surface area contributed by atoms with Crippen LogP contribution in [0, 0.1) is 0 Å². The van der Waals surface area contributed by atoms with Crippen LogP contribution in [0.3, 0.4) is 0 Å². The first-order chi connectivity index (χ1) is 12.5. The molecule has 6 heteroatoms. The summed E-state index contributed by atoms with van der Waals surface area (Å²) >= 11 is 3.50. The van der Waals surface area contributed by atoms with Crippen molar-refractivity contribution in [2.24, 2.45) is 0 Å². The molecule has 4 heterocycles. The quantitative estimate of drug-likeness (QED) is 0.742. The summed E-state index contributed by atoms with van der Waals surface area (Å²) in [6, 6.07) is 8.17. The smallest absolute Gasteiger partial charge is 0.184 e. The summed E-state index contributed by atoms with van der Waals surface area (Å²) in [4.78, 5) is 12.2. The SMILES string of the molecule is CC1(C)COc2c(N3CC4CCC(C3)O4)nc(-c3ccc(Br)cc3)nc21. The monoisotopic (exact) mass is 415 g/mol. The number of benzene rings is 1. The number of morpholine rings is 1. The summed E-state index contributed by atoms with van der Waals surface area (Å²) in [7, 11) is 0. The first-order valence-corrected chi connectivity index (χ1v) is 10.0. The molecule has 0 N–H and O–H groups in total. The maximum Gasteiger partial charge on any atom is 0.184 e. The molecule has 2 bridgehead atoms. The van der Waals surface area contributed by atoms with Gasteiger partial charge >= 0.3 is 0 Å². The fourth-order valence-electron chi connectivity index (χ4n) is 4.08. The summed E-state index contributed by atoms with van der Waals surface area (Å²) in [5.74, 6) is 2.56. The largest absolute Gasteiger partial charge is 0.487 e. The number of hydrogen-bond acceptors (Lipinski definition) is 5. The molecule has 3 aliphatic rings. The molecular weight excluding hydrogens is 394 g/mol. The minimum atomic E-state index is -0.109. The van der Waals surface area contributed by atoms with Crippen molar-refractivity contribution in [2.45, 2.75) is 44.3 Å². The second kappa shape index (κ2) is 5.92. The van der Waals surface area contributed by atoms with Crippen LogP contribution in [-0.4, -0.2) is 41.9 Å². The standard InChI is InChI=1S/C20H22BrN3O2/c1-20(2)11-25-16-17(20)22-18(12-3-5-13(21)6-4-12)23-19(16)24-9-14-7-8-15(10-24)26-14/h3-6,14-15H,7-11H2,1-2H3. The van der Waals surface area contributed by atoms with E-state index in [1.54, 1.807) is 0 Å². The Morgan fingerprint density at radius 2 is 1.77 bits per heavy atom. The number of hydrogen-bond donors (Lipinski definition) is 0. The third kappa shape index (κ3) is 2.70. The molecule has 0 spiro atoms. The Morgan fingerprint density at radius 1 is 1.08 bits per heavy atom. The van der Waals surface area contributed by atoms with Crippen LogP contribution in [-0.2, 0) is 10.2 Å². The van der Waals surface area contributed by atoms with E-state index in [4.69, 9.17) is 19.4 Å². The highest BCUT2D eigenvalue weighted by Gasteiger charge is 2.41. The zero-order valence-electron chi connectivity index (χ0n) is 15.0. The molecule has 2 saturated heterocycles. The van der Waals surface area contributed by atoms with Crippen LogP contribution in [0.4, 0.5) is 5.82 Å². The highest BCUT2D eigenvalue weighted by molar-refractivity contribution is 9.10. The van der Waals surface area contributed by atoms with Crippen LogP contribution in [0.1, 0.15) is 32.4 Å². The zero-order chi connectivity index (χ0) is 17.9. The number of nitrogens with zero attached hydrogens (tertiary/aromatic N) is 3. The van der Waals surface area contributed by atoms with Gasteiger partial charge in [0.25, 0.3) is 0 Å². The number of halogens is 1. The van der Waals surface area contributed by atoms with Crippen LogP contribution in [0.5, 0.6) is 5.75 Å². The van der Waals surface area contributed by atoms with Gasteiger partial charge in [-0.25, -0.2) is 9.97 Å². The van der Waals surface area contributed by atoms with Gasteiger partial charge in [-0.1, -0.05) is 41.9 Å². The van der Waals surface area contributed by atoms with E-state index >= 15 is 0 Å². The van der Waals surface area contributed by atoms with Gasteiger partial charge in [0, 0.05) is 28.5 Å². The molecule has 0 amide bonds. The van der Waals surface area contributed by atoms with Crippen molar-refractivity contribution in [1.29, 1.82) is 0 Å². The Morgan fingerprint density at radius 3 is 2.46 bits per heavy atom. The zero-order valence-corrected chi connectivity index (χ0v) is 16.6. The molecule has 0 saturated carbocycles. The lowest BCUT2D eigenvalue weighted by Gasteiger charge is -2.33. The minimum Gasteiger partial charge on any atom is -0.487 e. The molecule has 0 aliphatic carbocycles. The van der Waals surface area contributed by atoms with E-state index in [-0.39, 0.29) is 5.41 Å². The number of rotatable bonds is 2. The molecule has 3 aliphatic heterocycles. The Hall–Kier alpha value is -1.66. The van der Waals surface area contributed by atoms with Crippen LogP contribution in [0.15, 0.2) is 28.7 Å². The van der Waals surface area contributed by atoms with Crippen molar-refractivity contribution in [3.8, 4) is 17.1 Å². The van der Waals surface area contributed by atoms with Crippen molar-refractivity contribution in [2.75, 3.05) is 24.6 Å². The van der Waals surface area contributed by atoms with Crippen molar-refractivity contribution in [1.82, 2.24) is 9.97 Å². The second-order valence-corrected chi connectivity index (χ2v) is 9.01. The number of aromatic nitrogens is 2. The van der Waals surface area contributed by atoms with Gasteiger partial charge in [0.1, 0.15) is 0 Å². The molecule has 0 radical (unpaired) electrons. The van der Waals surface area contributed by atoms with E-state index in [2.05, 4.69) is 46.8 Å². The summed E-state index contributed by atoms with van der Waals surface area (Å²) < 4.78 is 13.1. The fourth-order valence-corrected chi connectivity index (χ4v) is 4.35. The van der Waals surface area contributed by atoms with Gasteiger partial charge < -0.3 is 14.4 Å². The topological polar surface area (TPSA) is 47.5 Å². The van der Waals surface area contributed by atoms with Crippen molar-refractivity contribution < 1.29 is 9.47 Å². The molecule has 1 aromatic heterocycles. The summed E-state index contributed by atoms with van der Waals surface area (Å²) in [5.41, 5.74) is 1.93. The maximum atomic E-state index is 6.08. The third-order valence-electron chi connectivity index (χ3n) is 5.51. The lowest BCUT2D eigenvalue weighted by Crippen LogP contribution is -2.43. The number of anilines is 1. The van der Waals surface area contributed by atoms with Gasteiger partial charge in [0.15, 0.2) is 17.4 Å². The predicted molar refractivity (Wildman–Crippen MR) is 104 cm³/mol. The molecule has 2 aromatic rings. The molecule has 1 aromatic carbocycles. The molecule has 2 fully saturated rings. The normalized spacial score (nSPS) is 25.9. The van der Waals surface area contributed by atoms with Crippen LogP contribution >= 0.6 is 15.9 Å². The van der Waals surface area contributed by atoms with Gasteiger partial charge in [-0.3, -0.25) is 0 Å². The van der Waals surface area contributed by atoms with Crippen molar-refractivity contribution in [3.05, 3.63) is 34.4 Å². The fraction of sp³-hybridized carbons (Fsp3) is 0.500. The Labute approximate surface area is 161 Å². The Balaban J connectivity index is 1.63. The van der Waals surface area contributed by atoms with Gasteiger partial charge in [-0.05, 0) is 25.0 Å². The van der Waals surface area contributed by atoms with Crippen LogP contribution in [0.25, 0.3) is 11.4 Å². The number of ether oxygens (including phenoxy) is 2. The minimum absolute atomic E-state index is 0.109. The molecule has 2 atom stereocenters. The number of fused-ring (bicyclic) bond motifs is 3. The highest BCUT2D eigenvalue weighted by Crippen LogP contribution is 2.44. The first-order valence-electron chi connectivity index (χ1n) is 9.21. The average molecular weight is 416 g/mol. The predicted octanol–water partition coefficient (Wildman–Crippen LogP) is 3.94. The summed E-state index contributed by atoms with van der Waals surface area (Å²) in [5, 5.41) is 0. The van der Waals surface area contributed by atoms with Crippen LogP contribution in [0.2, 0.25) is 0 Å². The highest BCUT2D eigenvalue weighted by atomic mass is 79.9. The lowest BCUT2D eigenvalue weighted by molar-refractivity contribution is 0.0300. The summed E-state index contributed by atoms with van der Waals surface area (Å²) in [6.07, 6.45) is 2.90. The van der Waals surface area contributed by atoms with Gasteiger partial charge in [-0.15, -0.1) is 0 Å². The molecular formula is C20H22BrN3O2. The van der Waals surface area contributed by atoms with Crippen LogP contribution < -0.4 is 9.64 Å². The average Bonchev–Trinajstić information content (AvgIpc) is 3.13. The van der Waals surface area contributed by atoms with Crippen molar-refractivity contribution >= 4 is 21.7 Å². The van der Waals surface area contributed by atoms with E-state index in [0.717, 1.165) is 59.1 Å². The van der Waals surface area contributed by atoms with E-state index < -0.39 is 0 Å². The maximum absolute atomic E-state index is 6.08. The molecule has 136 valence electrons. The van der Waals surface area contributed by atoms with Gasteiger partial charge in [-0.2, -0.15) is 0 Å². The van der Waals surface area contributed by atoms with Gasteiger partial charge in [0.05, 0.1) is 24.5 Å². The van der Waals surface area contributed by atoms with E-state index in [0.29, 0.717) is 18.8 Å². The lowest BCUT2D eigenvalue weighted by atomic mass is 9.91. The van der Waals surface area contributed by atoms with Crippen molar-refractivity contribution in [3.63, 3.8) is 0 Å².